The standard InChI is InChI=1S/C6H3ClIN3/c7-5-1-2-9-6-4(8)3-10-11(5)6/h1-3H. The van der Waals surface area contributed by atoms with Crippen molar-refractivity contribution >= 4 is 39.8 Å². The van der Waals surface area contributed by atoms with Gasteiger partial charge in [-0.2, -0.15) is 5.10 Å². The zero-order valence-corrected chi connectivity index (χ0v) is 8.24. The summed E-state index contributed by atoms with van der Waals surface area (Å²) in [7, 11) is 0. The summed E-state index contributed by atoms with van der Waals surface area (Å²) >= 11 is 7.99. The predicted octanol–water partition coefficient (Wildman–Crippen LogP) is 1.99. The number of aromatic nitrogens is 3. The summed E-state index contributed by atoms with van der Waals surface area (Å²) in [5.74, 6) is 0. The summed E-state index contributed by atoms with van der Waals surface area (Å²) < 4.78 is 2.61. The smallest absolute Gasteiger partial charge is 0.170 e. The highest BCUT2D eigenvalue weighted by Crippen LogP contribution is 2.14. The van der Waals surface area contributed by atoms with Gasteiger partial charge in [0, 0.05) is 6.20 Å². The molecule has 0 N–H and O–H groups in total. The normalized spacial score (nSPS) is 10.7. The van der Waals surface area contributed by atoms with Crippen molar-refractivity contribution in [1.29, 1.82) is 0 Å². The quantitative estimate of drug-likeness (QED) is 0.545. The molecule has 0 saturated heterocycles. The van der Waals surface area contributed by atoms with Crippen LogP contribution in [0.15, 0.2) is 18.5 Å². The minimum atomic E-state index is 0.581. The number of fused-ring (bicyclic) bond motifs is 1. The minimum absolute atomic E-state index is 0.581. The van der Waals surface area contributed by atoms with Crippen LogP contribution in [0, 0.1) is 3.57 Å². The molecule has 11 heavy (non-hydrogen) atoms. The summed E-state index contributed by atoms with van der Waals surface area (Å²) in [6.07, 6.45) is 3.40. The topological polar surface area (TPSA) is 30.2 Å². The maximum Gasteiger partial charge on any atom is 0.170 e. The third-order valence-corrected chi connectivity index (χ3v) is 2.36. The van der Waals surface area contributed by atoms with Crippen LogP contribution in [0.5, 0.6) is 0 Å². The van der Waals surface area contributed by atoms with Crippen molar-refractivity contribution < 1.29 is 0 Å². The molecule has 0 aliphatic heterocycles. The molecule has 0 fully saturated rings. The number of halogens is 2. The van der Waals surface area contributed by atoms with Gasteiger partial charge in [-0.25, -0.2) is 9.50 Å². The average molecular weight is 279 g/mol. The lowest BCUT2D eigenvalue weighted by atomic mass is 10.6. The zero-order valence-electron chi connectivity index (χ0n) is 5.33. The summed E-state index contributed by atoms with van der Waals surface area (Å²) in [4.78, 5) is 4.11. The molecule has 0 unspecified atom stereocenters. The molecule has 3 nitrogen and oxygen atoms in total. The van der Waals surface area contributed by atoms with E-state index in [1.807, 2.05) is 0 Å². The van der Waals surface area contributed by atoms with E-state index in [-0.39, 0.29) is 0 Å². The summed E-state index contributed by atoms with van der Waals surface area (Å²) in [6, 6.07) is 1.71. The van der Waals surface area contributed by atoms with E-state index in [2.05, 4.69) is 32.7 Å². The highest BCUT2D eigenvalue weighted by molar-refractivity contribution is 14.1. The fourth-order valence-corrected chi connectivity index (χ4v) is 1.51. The lowest BCUT2D eigenvalue weighted by Gasteiger charge is -1.93. The van der Waals surface area contributed by atoms with Crippen LogP contribution in [0.4, 0.5) is 0 Å². The van der Waals surface area contributed by atoms with Crippen molar-refractivity contribution in [1.82, 2.24) is 14.6 Å². The molecule has 0 aliphatic carbocycles. The second-order valence-corrected chi connectivity index (χ2v) is 3.54. The molecule has 0 atom stereocenters. The van der Waals surface area contributed by atoms with Crippen molar-refractivity contribution in [3.63, 3.8) is 0 Å². The van der Waals surface area contributed by atoms with Crippen LogP contribution < -0.4 is 0 Å². The molecule has 2 aromatic rings. The fourth-order valence-electron chi connectivity index (χ4n) is 0.835. The van der Waals surface area contributed by atoms with Crippen molar-refractivity contribution in [2.75, 3.05) is 0 Å². The SMILES string of the molecule is Clc1ccnc2c(I)cnn12. The third-order valence-electron chi connectivity index (χ3n) is 1.31. The number of hydrogen-bond acceptors (Lipinski definition) is 2. The first-order valence-electron chi connectivity index (χ1n) is 2.93. The van der Waals surface area contributed by atoms with Crippen molar-refractivity contribution in [2.24, 2.45) is 0 Å². The molecule has 0 aromatic carbocycles. The van der Waals surface area contributed by atoms with Crippen LogP contribution in [-0.4, -0.2) is 14.6 Å². The maximum atomic E-state index is 5.83. The van der Waals surface area contributed by atoms with E-state index in [0.717, 1.165) is 9.22 Å². The Labute approximate surface area is 81.5 Å². The predicted molar refractivity (Wildman–Crippen MR) is 50.7 cm³/mol. The number of rotatable bonds is 0. The summed E-state index contributed by atoms with van der Waals surface area (Å²) in [6.45, 7) is 0. The van der Waals surface area contributed by atoms with Crippen LogP contribution in [0.3, 0.4) is 0 Å². The minimum Gasteiger partial charge on any atom is -0.236 e. The van der Waals surface area contributed by atoms with Gasteiger partial charge in [-0.05, 0) is 28.7 Å². The van der Waals surface area contributed by atoms with Gasteiger partial charge in [0.1, 0.15) is 5.15 Å². The van der Waals surface area contributed by atoms with Crippen LogP contribution >= 0.6 is 34.2 Å². The summed E-state index contributed by atoms with van der Waals surface area (Å²) in [5.41, 5.74) is 0.804. The van der Waals surface area contributed by atoms with E-state index in [0.29, 0.717) is 5.15 Å². The molecule has 2 aromatic heterocycles. The Morgan fingerprint density at radius 2 is 2.36 bits per heavy atom. The van der Waals surface area contributed by atoms with E-state index < -0.39 is 0 Å². The molecule has 0 spiro atoms. The Balaban J connectivity index is 2.94. The van der Waals surface area contributed by atoms with Gasteiger partial charge in [0.25, 0.3) is 0 Å². The lowest BCUT2D eigenvalue weighted by Crippen LogP contribution is -1.90. The Bertz CT molecular complexity index is 398. The molecule has 0 bridgehead atoms. The monoisotopic (exact) mass is 279 g/mol. The Morgan fingerprint density at radius 1 is 1.55 bits per heavy atom. The van der Waals surface area contributed by atoms with Gasteiger partial charge in [0.15, 0.2) is 5.65 Å². The molecule has 56 valence electrons. The largest absolute Gasteiger partial charge is 0.236 e. The molecular formula is C6H3ClIN3. The van der Waals surface area contributed by atoms with Crippen molar-refractivity contribution in [3.05, 3.63) is 27.2 Å². The third kappa shape index (κ3) is 1.10. The highest BCUT2D eigenvalue weighted by atomic mass is 127. The van der Waals surface area contributed by atoms with Gasteiger partial charge >= 0.3 is 0 Å². The first kappa shape index (κ1) is 7.30. The molecule has 2 rings (SSSR count). The van der Waals surface area contributed by atoms with E-state index in [1.54, 1.807) is 23.0 Å². The first-order valence-corrected chi connectivity index (χ1v) is 4.38. The fraction of sp³-hybridized carbons (Fsp3) is 0. The lowest BCUT2D eigenvalue weighted by molar-refractivity contribution is 0.940. The van der Waals surface area contributed by atoms with E-state index in [1.165, 1.54) is 0 Å². The van der Waals surface area contributed by atoms with Crippen LogP contribution in [0.2, 0.25) is 5.15 Å². The van der Waals surface area contributed by atoms with Gasteiger partial charge in [0.2, 0.25) is 0 Å². The highest BCUT2D eigenvalue weighted by Gasteiger charge is 2.02. The van der Waals surface area contributed by atoms with E-state index in [4.69, 9.17) is 11.6 Å². The zero-order chi connectivity index (χ0) is 7.84. The molecule has 5 heteroatoms. The van der Waals surface area contributed by atoms with Crippen molar-refractivity contribution in [2.45, 2.75) is 0 Å². The molecule has 2 heterocycles. The van der Waals surface area contributed by atoms with Crippen LogP contribution in [0.1, 0.15) is 0 Å². The van der Waals surface area contributed by atoms with Gasteiger partial charge in [-0.15, -0.1) is 0 Å². The van der Waals surface area contributed by atoms with Gasteiger partial charge in [0.05, 0.1) is 9.77 Å². The summed E-state index contributed by atoms with van der Waals surface area (Å²) in [5, 5.41) is 4.61. The Hall–Kier alpha value is -0.360. The van der Waals surface area contributed by atoms with Crippen LogP contribution in [-0.2, 0) is 0 Å². The number of hydrogen-bond donors (Lipinski definition) is 0. The second-order valence-electron chi connectivity index (χ2n) is 2.00. The average Bonchev–Trinajstić information content (AvgIpc) is 2.35. The number of nitrogens with zero attached hydrogens (tertiary/aromatic N) is 3. The van der Waals surface area contributed by atoms with Crippen LogP contribution in [0.25, 0.3) is 5.65 Å². The molecular weight excluding hydrogens is 276 g/mol. The van der Waals surface area contributed by atoms with E-state index >= 15 is 0 Å². The van der Waals surface area contributed by atoms with E-state index in [9.17, 15) is 0 Å². The molecule has 0 aliphatic rings. The molecule has 0 amide bonds. The van der Waals surface area contributed by atoms with Crippen molar-refractivity contribution in [3.8, 4) is 0 Å². The van der Waals surface area contributed by atoms with Gasteiger partial charge in [-0.1, -0.05) is 11.6 Å². The first-order chi connectivity index (χ1) is 5.29. The van der Waals surface area contributed by atoms with Gasteiger partial charge < -0.3 is 0 Å². The van der Waals surface area contributed by atoms with Gasteiger partial charge in [-0.3, -0.25) is 0 Å². The Kier molecular flexibility index (Phi) is 1.72. The maximum absolute atomic E-state index is 5.83. The molecule has 0 radical (unpaired) electrons. The molecule has 0 saturated carbocycles. The second kappa shape index (κ2) is 2.60. The Morgan fingerprint density at radius 3 is 3.09 bits per heavy atom.